The zero-order chi connectivity index (χ0) is 15.4. The van der Waals surface area contributed by atoms with Gasteiger partial charge in [0, 0.05) is 12.1 Å². The average Bonchev–Trinajstić information content (AvgIpc) is 2.49. The number of anilines is 1. The molecule has 1 aromatic heterocycles. The minimum atomic E-state index is 0.295. The van der Waals surface area contributed by atoms with Crippen LogP contribution < -0.4 is 14.8 Å². The Hall–Kier alpha value is -2.37. The van der Waals surface area contributed by atoms with E-state index in [4.69, 9.17) is 9.47 Å². The van der Waals surface area contributed by atoms with E-state index in [-0.39, 0.29) is 0 Å². The molecule has 0 amide bonds. The lowest BCUT2D eigenvalue weighted by atomic mass is 10.0. The van der Waals surface area contributed by atoms with Gasteiger partial charge in [-0.25, -0.2) is 0 Å². The van der Waals surface area contributed by atoms with Crippen LogP contribution in [0.2, 0.25) is 0 Å². The highest BCUT2D eigenvalue weighted by Gasteiger charge is 2.13. The number of aromatic nitrogens is 3. The van der Waals surface area contributed by atoms with Crippen molar-refractivity contribution in [3.8, 4) is 23.1 Å². The van der Waals surface area contributed by atoms with Crippen LogP contribution in [-0.2, 0) is 0 Å². The van der Waals surface area contributed by atoms with Gasteiger partial charge in [0.15, 0.2) is 5.82 Å². The van der Waals surface area contributed by atoms with Gasteiger partial charge in [0.2, 0.25) is 5.95 Å². The molecule has 1 N–H and O–H groups in total. The predicted molar refractivity (Wildman–Crippen MR) is 82.0 cm³/mol. The first kappa shape index (κ1) is 15.0. The average molecular weight is 288 g/mol. The SMILES string of the molecule is CCNc1nc(OC)nc(-c2cc(C)c(OC)cc2C)n1. The molecule has 0 aliphatic heterocycles. The molecule has 21 heavy (non-hydrogen) atoms. The monoisotopic (exact) mass is 288 g/mol. The van der Waals surface area contributed by atoms with E-state index in [2.05, 4.69) is 20.3 Å². The van der Waals surface area contributed by atoms with E-state index in [1.807, 2.05) is 32.9 Å². The number of ether oxygens (including phenoxy) is 2. The number of rotatable bonds is 5. The summed E-state index contributed by atoms with van der Waals surface area (Å²) in [6.07, 6.45) is 0. The molecule has 0 spiro atoms. The molecule has 0 bridgehead atoms. The van der Waals surface area contributed by atoms with Crippen LogP contribution in [0.25, 0.3) is 11.4 Å². The number of methoxy groups -OCH3 is 2. The summed E-state index contributed by atoms with van der Waals surface area (Å²) >= 11 is 0. The summed E-state index contributed by atoms with van der Waals surface area (Å²) in [4.78, 5) is 13.0. The van der Waals surface area contributed by atoms with Crippen molar-refractivity contribution in [2.45, 2.75) is 20.8 Å². The van der Waals surface area contributed by atoms with E-state index in [9.17, 15) is 0 Å². The Morgan fingerprint density at radius 2 is 1.76 bits per heavy atom. The van der Waals surface area contributed by atoms with Gasteiger partial charge < -0.3 is 14.8 Å². The molecular weight excluding hydrogens is 268 g/mol. The second-order valence-electron chi connectivity index (χ2n) is 4.64. The lowest BCUT2D eigenvalue weighted by Gasteiger charge is -2.12. The van der Waals surface area contributed by atoms with Crippen LogP contribution in [-0.4, -0.2) is 35.7 Å². The van der Waals surface area contributed by atoms with Crippen molar-refractivity contribution < 1.29 is 9.47 Å². The summed E-state index contributed by atoms with van der Waals surface area (Å²) in [6, 6.07) is 4.29. The normalized spacial score (nSPS) is 10.3. The molecule has 0 saturated heterocycles. The van der Waals surface area contributed by atoms with Crippen molar-refractivity contribution in [1.82, 2.24) is 15.0 Å². The maximum Gasteiger partial charge on any atom is 0.321 e. The summed E-state index contributed by atoms with van der Waals surface area (Å²) in [5.74, 6) is 1.94. The molecule has 6 nitrogen and oxygen atoms in total. The Balaban J connectivity index is 2.55. The van der Waals surface area contributed by atoms with Crippen LogP contribution in [0.4, 0.5) is 5.95 Å². The summed E-state index contributed by atoms with van der Waals surface area (Å²) in [5.41, 5.74) is 3.00. The highest BCUT2D eigenvalue weighted by atomic mass is 16.5. The lowest BCUT2D eigenvalue weighted by molar-refractivity contribution is 0.379. The van der Waals surface area contributed by atoms with Crippen LogP contribution in [0.5, 0.6) is 11.8 Å². The van der Waals surface area contributed by atoms with Crippen molar-refractivity contribution in [3.63, 3.8) is 0 Å². The van der Waals surface area contributed by atoms with Gasteiger partial charge in [-0.3, -0.25) is 0 Å². The molecule has 2 aromatic rings. The number of nitrogens with zero attached hydrogens (tertiary/aromatic N) is 3. The highest BCUT2D eigenvalue weighted by Crippen LogP contribution is 2.29. The fourth-order valence-corrected chi connectivity index (χ4v) is 2.06. The minimum absolute atomic E-state index is 0.295. The second-order valence-corrected chi connectivity index (χ2v) is 4.64. The number of hydrogen-bond donors (Lipinski definition) is 1. The van der Waals surface area contributed by atoms with Gasteiger partial charge in [-0.05, 0) is 44.0 Å². The molecule has 6 heteroatoms. The summed E-state index contributed by atoms with van der Waals surface area (Å²) in [5, 5.41) is 3.08. The first-order chi connectivity index (χ1) is 10.1. The minimum Gasteiger partial charge on any atom is -0.496 e. The van der Waals surface area contributed by atoms with Gasteiger partial charge in [0.05, 0.1) is 14.2 Å². The van der Waals surface area contributed by atoms with Crippen molar-refractivity contribution in [2.24, 2.45) is 0 Å². The van der Waals surface area contributed by atoms with Crippen LogP contribution in [0.1, 0.15) is 18.1 Å². The summed E-state index contributed by atoms with van der Waals surface area (Å²) in [7, 11) is 3.21. The van der Waals surface area contributed by atoms with Crippen LogP contribution in [0, 0.1) is 13.8 Å². The molecule has 112 valence electrons. The van der Waals surface area contributed by atoms with Gasteiger partial charge in [-0.1, -0.05) is 0 Å². The molecule has 0 saturated carbocycles. The molecule has 1 aromatic carbocycles. The molecule has 0 aliphatic carbocycles. The van der Waals surface area contributed by atoms with Crippen LogP contribution in [0.15, 0.2) is 12.1 Å². The Kier molecular flexibility index (Phi) is 4.57. The van der Waals surface area contributed by atoms with Crippen LogP contribution in [0.3, 0.4) is 0 Å². The third kappa shape index (κ3) is 3.21. The van der Waals surface area contributed by atoms with Gasteiger partial charge in [-0.15, -0.1) is 0 Å². The molecule has 0 atom stereocenters. The van der Waals surface area contributed by atoms with Crippen molar-refractivity contribution in [2.75, 3.05) is 26.1 Å². The Bertz CT molecular complexity index is 644. The maximum absolute atomic E-state index is 5.33. The zero-order valence-corrected chi connectivity index (χ0v) is 13.0. The topological polar surface area (TPSA) is 69.2 Å². The molecule has 0 radical (unpaired) electrons. The first-order valence-corrected chi connectivity index (χ1v) is 6.78. The molecule has 0 aliphatic rings. The number of nitrogens with one attached hydrogen (secondary N) is 1. The number of benzene rings is 1. The van der Waals surface area contributed by atoms with E-state index in [0.29, 0.717) is 17.8 Å². The third-order valence-corrected chi connectivity index (χ3v) is 3.12. The van der Waals surface area contributed by atoms with E-state index in [1.165, 1.54) is 0 Å². The summed E-state index contributed by atoms with van der Waals surface area (Å²) < 4.78 is 10.5. The lowest BCUT2D eigenvalue weighted by Crippen LogP contribution is -2.07. The fourth-order valence-electron chi connectivity index (χ4n) is 2.06. The van der Waals surface area contributed by atoms with E-state index < -0.39 is 0 Å². The first-order valence-electron chi connectivity index (χ1n) is 6.78. The van der Waals surface area contributed by atoms with E-state index >= 15 is 0 Å². The largest absolute Gasteiger partial charge is 0.496 e. The number of hydrogen-bond acceptors (Lipinski definition) is 6. The van der Waals surface area contributed by atoms with Gasteiger partial charge in [0.1, 0.15) is 5.75 Å². The number of aryl methyl sites for hydroxylation is 2. The van der Waals surface area contributed by atoms with Gasteiger partial charge in [0.25, 0.3) is 0 Å². The molecule has 0 unspecified atom stereocenters. The van der Waals surface area contributed by atoms with Crippen molar-refractivity contribution in [1.29, 1.82) is 0 Å². The summed E-state index contributed by atoms with van der Waals surface area (Å²) in [6.45, 7) is 6.71. The fraction of sp³-hybridized carbons (Fsp3) is 0.400. The van der Waals surface area contributed by atoms with E-state index in [1.54, 1.807) is 14.2 Å². The Labute approximate surface area is 124 Å². The highest BCUT2D eigenvalue weighted by molar-refractivity contribution is 5.64. The molecule has 1 heterocycles. The van der Waals surface area contributed by atoms with Gasteiger partial charge in [-0.2, -0.15) is 15.0 Å². The standard InChI is InChI=1S/C15H20N4O2/c1-6-16-14-17-13(18-15(19-14)21-5)11-7-10(3)12(20-4)8-9(11)2/h7-8H,6H2,1-5H3,(H,16,17,18,19). The third-order valence-electron chi connectivity index (χ3n) is 3.12. The van der Waals surface area contributed by atoms with Crippen molar-refractivity contribution in [3.05, 3.63) is 23.3 Å². The maximum atomic E-state index is 5.33. The Morgan fingerprint density at radius 3 is 2.38 bits per heavy atom. The second kappa shape index (κ2) is 6.39. The predicted octanol–water partition coefficient (Wildman–Crippen LogP) is 2.60. The smallest absolute Gasteiger partial charge is 0.321 e. The quantitative estimate of drug-likeness (QED) is 0.912. The molecular formula is C15H20N4O2. The van der Waals surface area contributed by atoms with Crippen LogP contribution >= 0.6 is 0 Å². The van der Waals surface area contributed by atoms with Gasteiger partial charge >= 0.3 is 6.01 Å². The molecule has 0 fully saturated rings. The van der Waals surface area contributed by atoms with E-state index in [0.717, 1.165) is 29.0 Å². The molecule has 2 rings (SSSR count). The Morgan fingerprint density at radius 1 is 1.00 bits per heavy atom. The van der Waals surface area contributed by atoms with Crippen molar-refractivity contribution >= 4 is 5.95 Å². The zero-order valence-electron chi connectivity index (χ0n) is 13.0.